The monoisotopic (exact) mass is 275 g/mol. The van der Waals surface area contributed by atoms with E-state index in [0.29, 0.717) is 11.3 Å². The molecule has 0 fully saturated rings. The Morgan fingerprint density at radius 1 is 1.30 bits per heavy atom. The summed E-state index contributed by atoms with van der Waals surface area (Å²) in [7, 11) is 0. The summed E-state index contributed by atoms with van der Waals surface area (Å²) < 4.78 is 12.6. The van der Waals surface area contributed by atoms with Crippen molar-refractivity contribution in [2.45, 2.75) is 6.42 Å². The van der Waals surface area contributed by atoms with Crippen LogP contribution in [-0.4, -0.2) is 15.8 Å². The molecular weight excluding hydrogens is 265 g/mol. The van der Waals surface area contributed by atoms with E-state index in [1.807, 2.05) is 0 Å². The molecular formula is C13H10FN3O3. The Morgan fingerprint density at radius 3 is 2.70 bits per heavy atom. The summed E-state index contributed by atoms with van der Waals surface area (Å²) in [6, 6.07) is 8.47. The maximum Gasteiger partial charge on any atom is 0.273 e. The molecule has 2 aromatic rings. The molecule has 7 heteroatoms. The number of nitro groups is 1. The molecule has 0 saturated heterocycles. The molecule has 1 N–H and O–H groups in total. The molecule has 1 amide bonds. The van der Waals surface area contributed by atoms with Gasteiger partial charge in [-0.2, -0.15) is 4.39 Å². The van der Waals surface area contributed by atoms with Gasteiger partial charge in [0.05, 0.1) is 23.2 Å². The topological polar surface area (TPSA) is 85.1 Å². The molecule has 0 spiro atoms. The zero-order valence-electron chi connectivity index (χ0n) is 10.2. The fraction of sp³-hybridized carbons (Fsp3) is 0.0769. The Balaban J connectivity index is 2.08. The Hall–Kier alpha value is -2.83. The Bertz CT molecular complexity index is 644. The number of nitrogens with zero attached hydrogens (tertiary/aromatic N) is 2. The number of hydrogen-bond acceptors (Lipinski definition) is 4. The first-order valence-corrected chi connectivity index (χ1v) is 5.70. The largest absolute Gasteiger partial charge is 0.324 e. The van der Waals surface area contributed by atoms with Gasteiger partial charge in [0.25, 0.3) is 5.69 Å². The van der Waals surface area contributed by atoms with Crippen molar-refractivity contribution in [1.29, 1.82) is 0 Å². The smallest absolute Gasteiger partial charge is 0.273 e. The fourth-order valence-electron chi connectivity index (χ4n) is 1.67. The van der Waals surface area contributed by atoms with Crippen LogP contribution in [0.5, 0.6) is 0 Å². The van der Waals surface area contributed by atoms with Crippen LogP contribution < -0.4 is 5.32 Å². The number of carbonyl (C=O) groups excluding carboxylic acids is 1. The number of para-hydroxylation sites is 1. The van der Waals surface area contributed by atoms with Gasteiger partial charge in [-0.1, -0.05) is 18.2 Å². The predicted molar refractivity (Wildman–Crippen MR) is 69.6 cm³/mol. The fourth-order valence-corrected chi connectivity index (χ4v) is 1.67. The summed E-state index contributed by atoms with van der Waals surface area (Å²) in [6.07, 6.45) is 1.03. The van der Waals surface area contributed by atoms with Crippen molar-refractivity contribution in [3.8, 4) is 0 Å². The predicted octanol–water partition coefficient (Wildman–Crippen LogP) is 2.31. The third kappa shape index (κ3) is 3.35. The van der Waals surface area contributed by atoms with Crippen LogP contribution in [0.1, 0.15) is 5.56 Å². The summed E-state index contributed by atoms with van der Waals surface area (Å²) in [5.74, 6) is -1.09. The van der Waals surface area contributed by atoms with Crippen molar-refractivity contribution in [1.82, 2.24) is 4.98 Å². The zero-order chi connectivity index (χ0) is 14.5. The number of aromatic nitrogens is 1. The summed E-state index contributed by atoms with van der Waals surface area (Å²) in [5, 5.41) is 13.3. The van der Waals surface area contributed by atoms with Gasteiger partial charge in [0.2, 0.25) is 11.9 Å². The van der Waals surface area contributed by atoms with Crippen LogP contribution in [0, 0.1) is 16.1 Å². The van der Waals surface area contributed by atoms with Crippen LogP contribution in [-0.2, 0) is 11.2 Å². The van der Waals surface area contributed by atoms with E-state index >= 15 is 0 Å². The van der Waals surface area contributed by atoms with Crippen molar-refractivity contribution in [2.24, 2.45) is 0 Å². The maximum atomic E-state index is 12.6. The van der Waals surface area contributed by atoms with E-state index in [1.165, 1.54) is 30.5 Å². The van der Waals surface area contributed by atoms with Crippen molar-refractivity contribution < 1.29 is 14.1 Å². The minimum absolute atomic E-state index is 0.111. The van der Waals surface area contributed by atoms with Gasteiger partial charge < -0.3 is 5.32 Å². The Kier molecular flexibility index (Phi) is 3.99. The van der Waals surface area contributed by atoms with Crippen molar-refractivity contribution >= 4 is 17.3 Å². The van der Waals surface area contributed by atoms with Gasteiger partial charge in [0.15, 0.2) is 0 Å². The van der Waals surface area contributed by atoms with Crippen LogP contribution in [0.4, 0.5) is 15.8 Å². The molecule has 0 bridgehead atoms. The van der Waals surface area contributed by atoms with Crippen LogP contribution in [0.15, 0.2) is 42.6 Å². The first-order valence-electron chi connectivity index (χ1n) is 5.70. The zero-order valence-corrected chi connectivity index (χ0v) is 10.2. The molecule has 1 heterocycles. The molecule has 0 aliphatic heterocycles. The molecule has 0 saturated carbocycles. The second-order valence-corrected chi connectivity index (χ2v) is 3.98. The lowest BCUT2D eigenvalue weighted by molar-refractivity contribution is -0.385. The van der Waals surface area contributed by atoms with E-state index < -0.39 is 16.8 Å². The number of nitro benzene ring substituents is 1. The van der Waals surface area contributed by atoms with Crippen LogP contribution in [0.25, 0.3) is 0 Å². The summed E-state index contributed by atoms with van der Waals surface area (Å²) in [4.78, 5) is 25.5. The number of amides is 1. The van der Waals surface area contributed by atoms with E-state index in [0.717, 1.165) is 6.07 Å². The van der Waals surface area contributed by atoms with E-state index in [1.54, 1.807) is 6.07 Å². The van der Waals surface area contributed by atoms with E-state index in [2.05, 4.69) is 10.3 Å². The van der Waals surface area contributed by atoms with Crippen LogP contribution in [0.2, 0.25) is 0 Å². The van der Waals surface area contributed by atoms with Gasteiger partial charge in [0.1, 0.15) is 0 Å². The normalized spacial score (nSPS) is 10.1. The lowest BCUT2D eigenvalue weighted by Crippen LogP contribution is -2.15. The minimum atomic E-state index is -0.651. The summed E-state index contributed by atoms with van der Waals surface area (Å²) in [5.41, 5.74) is 0.528. The first kappa shape index (κ1) is 13.6. The molecule has 20 heavy (non-hydrogen) atoms. The lowest BCUT2D eigenvalue weighted by atomic mass is 10.1. The molecule has 0 unspecified atom stereocenters. The van der Waals surface area contributed by atoms with Crippen molar-refractivity contribution in [3.05, 3.63) is 64.2 Å². The number of benzene rings is 1. The number of halogens is 1. The maximum absolute atomic E-state index is 12.6. The van der Waals surface area contributed by atoms with Gasteiger partial charge in [-0.3, -0.25) is 14.9 Å². The Labute approximate surface area is 113 Å². The van der Waals surface area contributed by atoms with E-state index in [9.17, 15) is 19.3 Å². The number of rotatable bonds is 4. The molecule has 0 aliphatic carbocycles. The quantitative estimate of drug-likeness (QED) is 0.527. The number of hydrogen-bond donors (Lipinski definition) is 1. The van der Waals surface area contributed by atoms with Gasteiger partial charge in [-0.25, -0.2) is 4.98 Å². The highest BCUT2D eigenvalue weighted by Gasteiger charge is 2.15. The molecule has 0 radical (unpaired) electrons. The van der Waals surface area contributed by atoms with Crippen LogP contribution in [0.3, 0.4) is 0 Å². The van der Waals surface area contributed by atoms with Crippen molar-refractivity contribution in [3.63, 3.8) is 0 Å². The molecule has 1 aromatic heterocycles. The summed E-state index contributed by atoms with van der Waals surface area (Å²) >= 11 is 0. The highest BCUT2D eigenvalue weighted by atomic mass is 19.1. The molecule has 0 atom stereocenters. The average molecular weight is 275 g/mol. The number of nitrogens with one attached hydrogen (secondary N) is 1. The average Bonchev–Trinajstić information content (AvgIpc) is 2.41. The van der Waals surface area contributed by atoms with Crippen LogP contribution >= 0.6 is 0 Å². The highest BCUT2D eigenvalue weighted by Crippen LogP contribution is 2.18. The summed E-state index contributed by atoms with van der Waals surface area (Å²) in [6.45, 7) is 0. The number of carbonyl (C=O) groups is 1. The van der Waals surface area contributed by atoms with E-state index in [-0.39, 0.29) is 12.1 Å². The van der Waals surface area contributed by atoms with Gasteiger partial charge in [-0.05, 0) is 12.1 Å². The Morgan fingerprint density at radius 2 is 2.05 bits per heavy atom. The minimum Gasteiger partial charge on any atom is -0.324 e. The third-order valence-corrected chi connectivity index (χ3v) is 2.55. The molecule has 102 valence electrons. The van der Waals surface area contributed by atoms with Gasteiger partial charge in [0, 0.05) is 11.6 Å². The SMILES string of the molecule is O=C(Cc1ccccc1[N+](=O)[O-])Nc1ccc(F)nc1. The molecule has 6 nitrogen and oxygen atoms in total. The third-order valence-electron chi connectivity index (χ3n) is 2.55. The number of anilines is 1. The second kappa shape index (κ2) is 5.87. The first-order chi connectivity index (χ1) is 9.56. The molecule has 0 aliphatic rings. The number of pyridine rings is 1. The second-order valence-electron chi connectivity index (χ2n) is 3.98. The molecule has 1 aromatic carbocycles. The lowest BCUT2D eigenvalue weighted by Gasteiger charge is -2.05. The van der Waals surface area contributed by atoms with Crippen molar-refractivity contribution in [2.75, 3.05) is 5.32 Å². The van der Waals surface area contributed by atoms with Gasteiger partial charge in [-0.15, -0.1) is 0 Å². The van der Waals surface area contributed by atoms with E-state index in [4.69, 9.17) is 0 Å². The molecule has 2 rings (SSSR count). The van der Waals surface area contributed by atoms with Gasteiger partial charge >= 0.3 is 0 Å². The standard InChI is InChI=1S/C13H10FN3O3/c14-12-6-5-10(8-15-12)16-13(18)7-9-3-1-2-4-11(9)17(19)20/h1-6,8H,7H2,(H,16,18). The highest BCUT2D eigenvalue weighted by molar-refractivity contribution is 5.92.